The standard InChI is InChI=1S/C38H37F2N5O3S/c1-3-33(46)31-22-41-45(23-25-10-6-5-7-11-25)34(31)43-35(47)32-24-49-36(42-32)27-18-20-44(21-19-27)37(48)30-13-9-8-12-29(30)26-14-16-28(17-15-26)38(39,40)4-2/h5-17,22,24,27H,3-4,18-21,23H2,1-2H3,(H,43,47). The number of benzene rings is 3. The zero-order valence-corrected chi connectivity index (χ0v) is 28.2. The zero-order valence-electron chi connectivity index (χ0n) is 27.4. The number of amides is 2. The molecule has 6 rings (SSSR count). The van der Waals surface area contributed by atoms with Crippen LogP contribution < -0.4 is 5.32 Å². The molecule has 5 aromatic rings. The molecule has 49 heavy (non-hydrogen) atoms. The zero-order chi connectivity index (χ0) is 34.5. The third-order valence-electron chi connectivity index (χ3n) is 8.97. The Morgan fingerprint density at radius 3 is 2.31 bits per heavy atom. The van der Waals surface area contributed by atoms with Gasteiger partial charge in [-0.2, -0.15) is 5.10 Å². The highest BCUT2D eigenvalue weighted by atomic mass is 32.1. The fraction of sp³-hybridized carbons (Fsp3) is 0.289. The van der Waals surface area contributed by atoms with Crippen LogP contribution in [0.3, 0.4) is 0 Å². The van der Waals surface area contributed by atoms with Gasteiger partial charge in [-0.25, -0.2) is 18.4 Å². The van der Waals surface area contributed by atoms with Crippen molar-refractivity contribution in [3.63, 3.8) is 0 Å². The van der Waals surface area contributed by atoms with Gasteiger partial charge in [0.2, 0.25) is 0 Å². The number of hydrogen-bond donors (Lipinski definition) is 1. The van der Waals surface area contributed by atoms with Crippen molar-refractivity contribution in [1.82, 2.24) is 19.7 Å². The molecule has 0 aliphatic carbocycles. The lowest BCUT2D eigenvalue weighted by atomic mass is 9.94. The van der Waals surface area contributed by atoms with Gasteiger partial charge in [0.05, 0.1) is 23.3 Å². The maximum Gasteiger partial charge on any atom is 0.276 e. The van der Waals surface area contributed by atoms with Crippen LogP contribution in [0.25, 0.3) is 11.1 Å². The van der Waals surface area contributed by atoms with E-state index in [1.165, 1.54) is 36.6 Å². The minimum atomic E-state index is -2.90. The summed E-state index contributed by atoms with van der Waals surface area (Å²) in [6, 6.07) is 23.1. The maximum absolute atomic E-state index is 14.2. The number of aromatic nitrogens is 3. The number of nitrogens with one attached hydrogen (secondary N) is 1. The molecule has 0 spiro atoms. The quantitative estimate of drug-likeness (QED) is 0.141. The number of nitrogens with zero attached hydrogens (tertiary/aromatic N) is 4. The summed E-state index contributed by atoms with van der Waals surface area (Å²) in [5.74, 6) is -3.12. The highest BCUT2D eigenvalue weighted by Crippen LogP contribution is 2.35. The van der Waals surface area contributed by atoms with E-state index >= 15 is 0 Å². The molecule has 0 atom stereocenters. The Kier molecular flexibility index (Phi) is 10.1. The molecule has 2 aromatic heterocycles. The normalized spacial score (nSPS) is 13.8. The lowest BCUT2D eigenvalue weighted by Gasteiger charge is -2.31. The van der Waals surface area contributed by atoms with Gasteiger partial charge in [0.25, 0.3) is 17.7 Å². The van der Waals surface area contributed by atoms with Gasteiger partial charge >= 0.3 is 0 Å². The molecule has 1 N–H and O–H groups in total. The van der Waals surface area contributed by atoms with Crippen LogP contribution in [0.15, 0.2) is 90.4 Å². The number of thiazole rings is 1. The molecule has 0 unspecified atom stereocenters. The van der Waals surface area contributed by atoms with E-state index in [1.807, 2.05) is 47.4 Å². The molecular weight excluding hydrogens is 645 g/mol. The summed E-state index contributed by atoms with van der Waals surface area (Å²) in [5.41, 5.74) is 3.49. The van der Waals surface area contributed by atoms with Gasteiger partial charge in [-0.1, -0.05) is 86.6 Å². The second-order valence-electron chi connectivity index (χ2n) is 12.1. The summed E-state index contributed by atoms with van der Waals surface area (Å²) < 4.78 is 30.0. The van der Waals surface area contributed by atoms with Gasteiger partial charge in [-0.05, 0) is 35.6 Å². The van der Waals surface area contributed by atoms with Crippen molar-refractivity contribution in [1.29, 1.82) is 0 Å². The fourth-order valence-electron chi connectivity index (χ4n) is 6.06. The van der Waals surface area contributed by atoms with Crippen LogP contribution in [0.2, 0.25) is 0 Å². The number of Topliss-reactive ketones (excluding diaryl/α,β-unsaturated/α-hetero) is 1. The van der Waals surface area contributed by atoms with Crippen molar-refractivity contribution >= 4 is 34.8 Å². The summed E-state index contributed by atoms with van der Waals surface area (Å²) in [7, 11) is 0. The molecule has 0 bridgehead atoms. The van der Waals surface area contributed by atoms with Crippen molar-refractivity contribution in [2.24, 2.45) is 0 Å². The van der Waals surface area contributed by atoms with Gasteiger partial charge in [0.15, 0.2) is 5.78 Å². The summed E-state index contributed by atoms with van der Waals surface area (Å²) in [5, 5.41) is 9.83. The number of ketones is 1. The first-order valence-electron chi connectivity index (χ1n) is 16.4. The van der Waals surface area contributed by atoms with Gasteiger partial charge in [-0.15, -0.1) is 11.3 Å². The van der Waals surface area contributed by atoms with Crippen LogP contribution in [0.5, 0.6) is 0 Å². The number of alkyl halides is 2. The number of hydrogen-bond acceptors (Lipinski definition) is 6. The minimum Gasteiger partial charge on any atom is -0.339 e. The van der Waals surface area contributed by atoms with Crippen LogP contribution in [0.1, 0.15) is 92.8 Å². The van der Waals surface area contributed by atoms with Gasteiger partial charge in [0.1, 0.15) is 11.5 Å². The number of rotatable bonds is 11. The lowest BCUT2D eigenvalue weighted by molar-refractivity contribution is -0.00828. The van der Waals surface area contributed by atoms with Crippen molar-refractivity contribution in [3.05, 3.63) is 123 Å². The Morgan fingerprint density at radius 1 is 0.918 bits per heavy atom. The molecule has 8 nitrogen and oxygen atoms in total. The molecule has 3 aromatic carbocycles. The van der Waals surface area contributed by atoms with E-state index in [0.717, 1.165) is 10.6 Å². The number of carbonyl (C=O) groups excluding carboxylic acids is 3. The first kappa shape index (κ1) is 33.9. The molecule has 11 heteroatoms. The maximum atomic E-state index is 14.2. The van der Waals surface area contributed by atoms with E-state index in [4.69, 9.17) is 0 Å². The SMILES string of the molecule is CCC(=O)c1cnn(Cc2ccccc2)c1NC(=O)c1csc(C2CCN(C(=O)c3ccccc3-c3ccc(C(F)(F)CC)cc3)CC2)n1. The highest BCUT2D eigenvalue weighted by Gasteiger charge is 2.30. The van der Waals surface area contributed by atoms with Crippen molar-refractivity contribution in [2.45, 2.75) is 57.9 Å². The molecule has 2 amide bonds. The Morgan fingerprint density at radius 2 is 1.61 bits per heavy atom. The van der Waals surface area contributed by atoms with Crippen LogP contribution in [0, 0.1) is 0 Å². The van der Waals surface area contributed by atoms with Crippen LogP contribution >= 0.6 is 11.3 Å². The monoisotopic (exact) mass is 681 g/mol. The fourth-order valence-corrected chi connectivity index (χ4v) is 7.03. The van der Waals surface area contributed by atoms with E-state index in [0.29, 0.717) is 60.5 Å². The Bertz CT molecular complexity index is 1950. The van der Waals surface area contributed by atoms with Crippen LogP contribution in [0.4, 0.5) is 14.6 Å². The van der Waals surface area contributed by atoms with E-state index in [9.17, 15) is 23.2 Å². The lowest BCUT2D eigenvalue weighted by Crippen LogP contribution is -2.38. The van der Waals surface area contributed by atoms with Gasteiger partial charge < -0.3 is 10.2 Å². The minimum absolute atomic E-state index is 0.0431. The predicted molar refractivity (Wildman–Crippen MR) is 186 cm³/mol. The molecule has 0 radical (unpaired) electrons. The van der Waals surface area contributed by atoms with Crippen LogP contribution in [-0.4, -0.2) is 50.4 Å². The van der Waals surface area contributed by atoms with Gasteiger partial charge in [-0.3, -0.25) is 14.4 Å². The summed E-state index contributed by atoms with van der Waals surface area (Å²) >= 11 is 1.41. The van der Waals surface area contributed by atoms with Gasteiger partial charge in [0, 0.05) is 48.4 Å². The first-order chi connectivity index (χ1) is 23.7. The topological polar surface area (TPSA) is 97.2 Å². The van der Waals surface area contributed by atoms with E-state index in [2.05, 4.69) is 15.4 Å². The Hall–Kier alpha value is -5.03. The third kappa shape index (κ3) is 7.36. The second-order valence-corrected chi connectivity index (χ2v) is 13.0. The average Bonchev–Trinajstić information content (AvgIpc) is 3.79. The van der Waals surface area contributed by atoms with E-state index in [1.54, 1.807) is 41.3 Å². The molecule has 1 saturated heterocycles. The van der Waals surface area contributed by atoms with Crippen LogP contribution in [-0.2, 0) is 12.5 Å². The number of halogens is 2. The van der Waals surface area contributed by atoms with Crippen molar-refractivity contribution < 1.29 is 23.2 Å². The number of anilines is 1. The summed E-state index contributed by atoms with van der Waals surface area (Å²) in [6.07, 6.45) is 2.86. The summed E-state index contributed by atoms with van der Waals surface area (Å²) in [6.45, 7) is 4.64. The molecule has 3 heterocycles. The highest BCUT2D eigenvalue weighted by molar-refractivity contribution is 7.10. The van der Waals surface area contributed by atoms with Crippen molar-refractivity contribution in [2.75, 3.05) is 18.4 Å². The largest absolute Gasteiger partial charge is 0.339 e. The van der Waals surface area contributed by atoms with E-state index < -0.39 is 11.8 Å². The molecule has 1 fully saturated rings. The molecule has 1 aliphatic heterocycles. The summed E-state index contributed by atoms with van der Waals surface area (Å²) in [4.78, 5) is 46.3. The molecular formula is C38H37F2N5O3S. The number of carbonyl (C=O) groups is 3. The molecule has 0 saturated carbocycles. The Labute approximate surface area is 287 Å². The number of likely N-dealkylation sites (tertiary alicyclic amines) is 1. The van der Waals surface area contributed by atoms with E-state index in [-0.39, 0.29) is 41.7 Å². The predicted octanol–water partition coefficient (Wildman–Crippen LogP) is 8.42. The number of piperidine rings is 1. The Balaban J connectivity index is 1.11. The second kappa shape index (κ2) is 14.6. The third-order valence-corrected chi connectivity index (χ3v) is 9.98. The molecule has 252 valence electrons. The average molecular weight is 682 g/mol. The first-order valence-corrected chi connectivity index (χ1v) is 17.3. The molecule has 1 aliphatic rings. The smallest absolute Gasteiger partial charge is 0.276 e. The van der Waals surface area contributed by atoms with Crippen molar-refractivity contribution in [3.8, 4) is 11.1 Å².